The van der Waals surface area contributed by atoms with E-state index in [2.05, 4.69) is 0 Å². The van der Waals surface area contributed by atoms with Crippen LogP contribution in [0.5, 0.6) is 0 Å². The fourth-order valence-corrected chi connectivity index (χ4v) is 3.63. The van der Waals surface area contributed by atoms with E-state index in [1.54, 1.807) is 0 Å². The highest BCUT2D eigenvalue weighted by molar-refractivity contribution is 6.07. The van der Waals surface area contributed by atoms with Crippen molar-refractivity contribution in [3.63, 3.8) is 0 Å². The van der Waals surface area contributed by atoms with Gasteiger partial charge in [-0.1, -0.05) is 45.9 Å². The standard InChI is InChI=1S/C20H22N2O4/c1-12(2)16-6-5-7-17(13(3)4)19(16)22(26)11-14-8-9-15(21(24)25)10-18(14)20(22)23/h5-10,12-13H,11H2,1-4H3. The Balaban J connectivity index is 2.22. The van der Waals surface area contributed by atoms with E-state index in [4.69, 9.17) is 0 Å². The molecule has 0 bridgehead atoms. The molecule has 2 aromatic carbocycles. The molecule has 6 nitrogen and oxygen atoms in total. The highest BCUT2D eigenvalue weighted by Gasteiger charge is 2.44. The van der Waals surface area contributed by atoms with Crippen molar-refractivity contribution in [3.8, 4) is 0 Å². The summed E-state index contributed by atoms with van der Waals surface area (Å²) in [5, 5.41) is 24.9. The molecule has 136 valence electrons. The van der Waals surface area contributed by atoms with Gasteiger partial charge in [-0.3, -0.25) is 14.8 Å². The summed E-state index contributed by atoms with van der Waals surface area (Å²) in [6, 6.07) is 9.79. The van der Waals surface area contributed by atoms with Crippen molar-refractivity contribution in [2.24, 2.45) is 0 Å². The van der Waals surface area contributed by atoms with E-state index in [1.807, 2.05) is 45.9 Å². The number of rotatable bonds is 4. The van der Waals surface area contributed by atoms with Crippen LogP contribution in [-0.4, -0.2) is 10.8 Å². The zero-order valence-electron chi connectivity index (χ0n) is 15.4. The van der Waals surface area contributed by atoms with Crippen LogP contribution in [0, 0.1) is 15.3 Å². The van der Waals surface area contributed by atoms with Crippen LogP contribution in [0.25, 0.3) is 0 Å². The number of benzene rings is 2. The van der Waals surface area contributed by atoms with Gasteiger partial charge < -0.3 is 5.21 Å². The Hall–Kier alpha value is -2.57. The smallest absolute Gasteiger partial charge is 0.351 e. The van der Waals surface area contributed by atoms with Gasteiger partial charge in [0.2, 0.25) is 0 Å². The number of nitro benzene ring substituents is 1. The molecule has 0 aromatic heterocycles. The molecular formula is C20H22N2O4. The average molecular weight is 354 g/mol. The fourth-order valence-electron chi connectivity index (χ4n) is 3.63. The van der Waals surface area contributed by atoms with Gasteiger partial charge in [-0.25, -0.2) is 4.79 Å². The van der Waals surface area contributed by atoms with Gasteiger partial charge in [0.15, 0.2) is 0 Å². The van der Waals surface area contributed by atoms with E-state index in [0.29, 0.717) is 11.3 Å². The molecule has 0 aliphatic carbocycles. The molecule has 1 heterocycles. The Bertz CT molecular complexity index is 878. The number of hydroxylamine groups is 2. The van der Waals surface area contributed by atoms with Crippen LogP contribution in [0.2, 0.25) is 0 Å². The summed E-state index contributed by atoms with van der Waals surface area (Å²) < 4.78 is -1.11. The highest BCUT2D eigenvalue weighted by atomic mass is 16.6. The molecule has 0 fully saturated rings. The van der Waals surface area contributed by atoms with E-state index >= 15 is 0 Å². The number of non-ortho nitro benzene ring substituents is 1. The van der Waals surface area contributed by atoms with Crippen molar-refractivity contribution < 1.29 is 9.72 Å². The van der Waals surface area contributed by atoms with Gasteiger partial charge >= 0.3 is 5.91 Å². The molecule has 0 radical (unpaired) electrons. The molecule has 26 heavy (non-hydrogen) atoms. The highest BCUT2D eigenvalue weighted by Crippen LogP contribution is 2.44. The summed E-state index contributed by atoms with van der Waals surface area (Å²) in [6.45, 7) is 7.94. The molecule has 1 aliphatic rings. The first-order valence-electron chi connectivity index (χ1n) is 8.71. The van der Waals surface area contributed by atoms with Crippen LogP contribution >= 0.6 is 0 Å². The first-order valence-corrected chi connectivity index (χ1v) is 8.71. The maximum absolute atomic E-state index is 13.8. The SMILES string of the molecule is CC(C)c1cccc(C(C)C)c1[N+]1([O-])Cc2ccc([N+](=O)[O-])cc2C1=O. The number of fused-ring (bicyclic) bond motifs is 1. The third-order valence-corrected chi connectivity index (χ3v) is 4.96. The lowest BCUT2D eigenvalue weighted by Crippen LogP contribution is -2.44. The molecule has 0 N–H and O–H groups in total. The summed E-state index contributed by atoms with van der Waals surface area (Å²) in [5.74, 6) is -0.462. The number of amides is 1. The number of nitrogens with zero attached hydrogens (tertiary/aromatic N) is 2. The zero-order chi connectivity index (χ0) is 19.2. The summed E-state index contributed by atoms with van der Waals surface area (Å²) in [6.07, 6.45) is 0. The number of carbonyl (C=O) groups excluding carboxylic acids is 1. The van der Waals surface area contributed by atoms with E-state index in [9.17, 15) is 20.1 Å². The van der Waals surface area contributed by atoms with Crippen LogP contribution in [0.4, 0.5) is 11.4 Å². The Labute approximate surface area is 152 Å². The first-order chi connectivity index (χ1) is 12.2. The van der Waals surface area contributed by atoms with E-state index in [1.165, 1.54) is 18.2 Å². The predicted molar refractivity (Wildman–Crippen MR) is 101 cm³/mol. The van der Waals surface area contributed by atoms with Crippen LogP contribution in [-0.2, 0) is 6.54 Å². The third kappa shape index (κ3) is 2.71. The predicted octanol–water partition coefficient (Wildman–Crippen LogP) is 5.00. The number of nitro groups is 1. The molecule has 2 aromatic rings. The summed E-state index contributed by atoms with van der Waals surface area (Å²) in [4.78, 5) is 23.6. The number of para-hydroxylation sites is 1. The largest absolute Gasteiger partial charge is 0.619 e. The van der Waals surface area contributed by atoms with Crippen molar-refractivity contribution >= 4 is 17.3 Å². The molecule has 1 unspecified atom stereocenters. The van der Waals surface area contributed by atoms with Gasteiger partial charge in [0.1, 0.15) is 12.2 Å². The number of hydrogen-bond donors (Lipinski definition) is 0. The van der Waals surface area contributed by atoms with E-state index in [0.717, 1.165) is 11.1 Å². The Morgan fingerprint density at radius 2 is 1.62 bits per heavy atom. The van der Waals surface area contributed by atoms with Crippen molar-refractivity contribution in [2.45, 2.75) is 46.1 Å². The third-order valence-electron chi connectivity index (χ3n) is 4.96. The number of hydrogen-bond acceptors (Lipinski definition) is 4. The Kier molecular flexibility index (Phi) is 4.42. The molecule has 0 saturated heterocycles. The van der Waals surface area contributed by atoms with Crippen LogP contribution in [0.15, 0.2) is 36.4 Å². The van der Waals surface area contributed by atoms with Crippen molar-refractivity contribution in [2.75, 3.05) is 0 Å². The van der Waals surface area contributed by atoms with E-state index < -0.39 is 15.5 Å². The van der Waals surface area contributed by atoms with Crippen molar-refractivity contribution in [1.82, 2.24) is 4.65 Å². The molecule has 1 aliphatic heterocycles. The molecule has 1 atom stereocenters. The molecule has 0 saturated carbocycles. The monoisotopic (exact) mass is 354 g/mol. The Morgan fingerprint density at radius 1 is 1.04 bits per heavy atom. The number of quaternary nitrogens is 1. The minimum Gasteiger partial charge on any atom is -0.619 e. The second-order valence-electron chi connectivity index (χ2n) is 7.40. The molecular weight excluding hydrogens is 332 g/mol. The molecule has 1 amide bonds. The molecule has 0 spiro atoms. The topological polar surface area (TPSA) is 83.3 Å². The first kappa shape index (κ1) is 18.2. The lowest BCUT2D eigenvalue weighted by atomic mass is 9.91. The van der Waals surface area contributed by atoms with E-state index in [-0.39, 0.29) is 29.6 Å². The second kappa shape index (κ2) is 6.30. The minimum atomic E-state index is -1.11. The summed E-state index contributed by atoms with van der Waals surface area (Å²) in [7, 11) is 0. The van der Waals surface area contributed by atoms with Crippen LogP contribution < -0.4 is 4.65 Å². The summed E-state index contributed by atoms with van der Waals surface area (Å²) in [5.41, 5.74) is 2.73. The van der Waals surface area contributed by atoms with Gasteiger partial charge in [0.25, 0.3) is 5.69 Å². The van der Waals surface area contributed by atoms with Gasteiger partial charge in [-0.05, 0) is 17.9 Å². The lowest BCUT2D eigenvalue weighted by Gasteiger charge is -2.39. The van der Waals surface area contributed by atoms with Gasteiger partial charge in [0.05, 0.1) is 10.5 Å². The maximum Gasteiger partial charge on any atom is 0.351 e. The summed E-state index contributed by atoms with van der Waals surface area (Å²) >= 11 is 0. The van der Waals surface area contributed by atoms with Gasteiger partial charge in [-0.2, -0.15) is 0 Å². The Morgan fingerprint density at radius 3 is 2.12 bits per heavy atom. The van der Waals surface area contributed by atoms with Crippen LogP contribution in [0.1, 0.15) is 66.6 Å². The van der Waals surface area contributed by atoms with Gasteiger partial charge in [0, 0.05) is 28.8 Å². The van der Waals surface area contributed by atoms with Crippen molar-refractivity contribution in [3.05, 3.63) is 74.0 Å². The van der Waals surface area contributed by atoms with Crippen molar-refractivity contribution in [1.29, 1.82) is 0 Å². The quantitative estimate of drug-likeness (QED) is 0.335. The van der Waals surface area contributed by atoms with Crippen LogP contribution in [0.3, 0.4) is 0 Å². The van der Waals surface area contributed by atoms with Gasteiger partial charge in [-0.15, -0.1) is 0 Å². The fraction of sp³-hybridized carbons (Fsp3) is 0.350. The normalized spacial score (nSPS) is 19.3. The number of carbonyl (C=O) groups is 1. The lowest BCUT2D eigenvalue weighted by molar-refractivity contribution is -0.384. The molecule has 3 rings (SSSR count). The average Bonchev–Trinajstić information content (AvgIpc) is 2.85. The minimum absolute atomic E-state index is 0.0321. The maximum atomic E-state index is 13.8. The second-order valence-corrected chi connectivity index (χ2v) is 7.40. The zero-order valence-corrected chi connectivity index (χ0v) is 15.4. The molecule has 6 heteroatoms.